The largest absolute Gasteiger partial charge is 0.330 e. The molecule has 1 saturated carbocycles. The Morgan fingerprint density at radius 1 is 1.78 bits per heavy atom. The van der Waals surface area contributed by atoms with Gasteiger partial charge in [0.1, 0.15) is 0 Å². The second-order valence-corrected chi connectivity index (χ2v) is 3.58. The summed E-state index contributed by atoms with van der Waals surface area (Å²) in [6.07, 6.45) is 1.14. The maximum atomic E-state index is 12.7. The fourth-order valence-corrected chi connectivity index (χ4v) is 1.43. The Bertz CT molecular complexity index is 126. The average molecular weight is 152 g/mol. The number of halogens is 2. The molecule has 0 aromatic carbocycles. The lowest BCUT2D eigenvalue weighted by molar-refractivity contribution is 0.323. The molecular formula is C6H11ClFN. The molecule has 1 rings (SSSR count). The zero-order chi connectivity index (χ0) is 7.12. The van der Waals surface area contributed by atoms with E-state index in [1.807, 2.05) is 6.92 Å². The van der Waals surface area contributed by atoms with Crippen LogP contribution in [0.2, 0.25) is 0 Å². The van der Waals surface area contributed by atoms with Crippen LogP contribution in [0.3, 0.4) is 0 Å². The summed E-state index contributed by atoms with van der Waals surface area (Å²) in [7, 11) is 0. The van der Waals surface area contributed by atoms with Crippen LogP contribution in [-0.2, 0) is 0 Å². The van der Waals surface area contributed by atoms with Gasteiger partial charge in [-0.05, 0) is 13.0 Å². The minimum absolute atomic E-state index is 0.330. The molecule has 54 valence electrons. The average Bonchev–Trinajstić information content (AvgIpc) is 2.07. The number of nitrogens with two attached hydrogens (primary N) is 1. The molecule has 1 fully saturated rings. The SMILES string of the molecule is CC1(CCN)CC1(F)Cl. The van der Waals surface area contributed by atoms with E-state index >= 15 is 0 Å². The molecule has 0 bridgehead atoms. The summed E-state index contributed by atoms with van der Waals surface area (Å²) in [4.78, 5) is 0. The molecular weight excluding hydrogens is 141 g/mol. The van der Waals surface area contributed by atoms with Crippen molar-refractivity contribution in [2.24, 2.45) is 11.1 Å². The predicted octanol–water partition coefficient (Wildman–Crippen LogP) is 1.65. The molecule has 0 aromatic rings. The van der Waals surface area contributed by atoms with Gasteiger partial charge in [-0.1, -0.05) is 18.5 Å². The molecule has 9 heavy (non-hydrogen) atoms. The zero-order valence-electron chi connectivity index (χ0n) is 5.45. The van der Waals surface area contributed by atoms with Crippen molar-refractivity contribution in [3.8, 4) is 0 Å². The van der Waals surface area contributed by atoms with Gasteiger partial charge in [0.05, 0.1) is 0 Å². The summed E-state index contributed by atoms with van der Waals surface area (Å²) in [6.45, 7) is 2.35. The molecule has 1 nitrogen and oxygen atoms in total. The van der Waals surface area contributed by atoms with Gasteiger partial charge in [-0.15, -0.1) is 0 Å². The van der Waals surface area contributed by atoms with Gasteiger partial charge in [-0.2, -0.15) is 0 Å². The molecule has 0 saturated heterocycles. The van der Waals surface area contributed by atoms with Crippen molar-refractivity contribution in [1.82, 2.24) is 0 Å². The van der Waals surface area contributed by atoms with Crippen LogP contribution < -0.4 is 5.73 Å². The molecule has 0 spiro atoms. The van der Waals surface area contributed by atoms with E-state index in [0.29, 0.717) is 19.4 Å². The summed E-state index contributed by atoms with van der Waals surface area (Å²) in [6, 6.07) is 0. The summed E-state index contributed by atoms with van der Waals surface area (Å²) in [5.41, 5.74) is 4.92. The predicted molar refractivity (Wildman–Crippen MR) is 36.1 cm³/mol. The Morgan fingerprint density at radius 3 is 2.33 bits per heavy atom. The van der Waals surface area contributed by atoms with Crippen LogP contribution in [0.25, 0.3) is 0 Å². The fourth-order valence-electron chi connectivity index (χ4n) is 1.04. The molecule has 0 aromatic heterocycles. The molecule has 2 N–H and O–H groups in total. The third-order valence-electron chi connectivity index (χ3n) is 2.07. The van der Waals surface area contributed by atoms with Crippen LogP contribution in [0.5, 0.6) is 0 Å². The second kappa shape index (κ2) is 1.83. The molecule has 0 amide bonds. The van der Waals surface area contributed by atoms with Gasteiger partial charge in [0, 0.05) is 11.8 Å². The number of rotatable bonds is 2. The topological polar surface area (TPSA) is 26.0 Å². The number of hydrogen-bond donors (Lipinski definition) is 1. The quantitative estimate of drug-likeness (QED) is 0.597. The standard InChI is InChI=1S/C6H11ClFN/c1-5(2-3-9)4-6(5,7)8/h2-4,9H2,1H3. The van der Waals surface area contributed by atoms with E-state index in [1.165, 1.54) is 0 Å². The van der Waals surface area contributed by atoms with E-state index < -0.39 is 5.13 Å². The van der Waals surface area contributed by atoms with E-state index in [9.17, 15) is 4.39 Å². The highest BCUT2D eigenvalue weighted by Crippen LogP contribution is 2.63. The van der Waals surface area contributed by atoms with E-state index in [4.69, 9.17) is 17.3 Å². The highest BCUT2D eigenvalue weighted by molar-refractivity contribution is 6.25. The smallest absolute Gasteiger partial charge is 0.189 e. The van der Waals surface area contributed by atoms with Crippen LogP contribution in [0, 0.1) is 5.41 Å². The van der Waals surface area contributed by atoms with Gasteiger partial charge in [-0.25, -0.2) is 4.39 Å². The summed E-state index contributed by atoms with van der Waals surface area (Å²) in [5, 5.41) is -1.45. The first-order valence-electron chi connectivity index (χ1n) is 3.10. The van der Waals surface area contributed by atoms with Crippen LogP contribution in [-0.4, -0.2) is 11.7 Å². The third-order valence-corrected chi connectivity index (χ3v) is 2.66. The van der Waals surface area contributed by atoms with Gasteiger partial charge < -0.3 is 5.73 Å². The maximum Gasteiger partial charge on any atom is 0.189 e. The van der Waals surface area contributed by atoms with Crippen molar-refractivity contribution < 1.29 is 4.39 Å². The van der Waals surface area contributed by atoms with Crippen molar-refractivity contribution in [2.75, 3.05) is 6.54 Å². The third kappa shape index (κ3) is 1.06. The van der Waals surface area contributed by atoms with Gasteiger partial charge >= 0.3 is 0 Å². The van der Waals surface area contributed by atoms with E-state index in [0.717, 1.165) is 0 Å². The summed E-state index contributed by atoms with van der Waals surface area (Å²) >= 11 is 5.40. The Balaban J connectivity index is 2.42. The van der Waals surface area contributed by atoms with E-state index in [-0.39, 0.29) is 5.41 Å². The first-order chi connectivity index (χ1) is 4.02. The van der Waals surface area contributed by atoms with Gasteiger partial charge in [0.15, 0.2) is 5.13 Å². The molecule has 0 radical (unpaired) electrons. The minimum atomic E-state index is -1.45. The van der Waals surface area contributed by atoms with Gasteiger partial charge in [-0.3, -0.25) is 0 Å². The molecule has 0 aliphatic heterocycles. The number of hydrogen-bond acceptors (Lipinski definition) is 1. The lowest BCUT2D eigenvalue weighted by Crippen LogP contribution is -2.11. The van der Waals surface area contributed by atoms with Gasteiger partial charge in [0.2, 0.25) is 0 Å². The lowest BCUT2D eigenvalue weighted by Gasteiger charge is -2.06. The first kappa shape index (κ1) is 7.29. The number of alkyl halides is 2. The Hall–Kier alpha value is 0.180. The van der Waals surface area contributed by atoms with Crippen molar-refractivity contribution in [1.29, 1.82) is 0 Å². The zero-order valence-corrected chi connectivity index (χ0v) is 6.21. The van der Waals surface area contributed by atoms with Crippen molar-refractivity contribution in [2.45, 2.75) is 24.9 Å². The van der Waals surface area contributed by atoms with Crippen LogP contribution in [0.15, 0.2) is 0 Å². The van der Waals surface area contributed by atoms with Crippen molar-refractivity contribution in [3.05, 3.63) is 0 Å². The van der Waals surface area contributed by atoms with Crippen molar-refractivity contribution in [3.63, 3.8) is 0 Å². The van der Waals surface area contributed by atoms with Crippen LogP contribution in [0.4, 0.5) is 4.39 Å². The maximum absolute atomic E-state index is 12.7. The summed E-state index contributed by atoms with van der Waals surface area (Å²) in [5.74, 6) is 0. The Labute approximate surface area is 59.4 Å². The normalized spacial score (nSPS) is 49.3. The van der Waals surface area contributed by atoms with Gasteiger partial charge in [0.25, 0.3) is 0 Å². The van der Waals surface area contributed by atoms with Crippen LogP contribution in [0.1, 0.15) is 19.8 Å². The Kier molecular flexibility index (Phi) is 1.48. The Morgan fingerprint density at radius 2 is 2.22 bits per heavy atom. The van der Waals surface area contributed by atoms with E-state index in [2.05, 4.69) is 0 Å². The highest BCUT2D eigenvalue weighted by Gasteiger charge is 2.64. The molecule has 3 heteroatoms. The molecule has 1 aliphatic carbocycles. The monoisotopic (exact) mass is 151 g/mol. The van der Waals surface area contributed by atoms with Crippen LogP contribution >= 0.6 is 11.6 Å². The highest BCUT2D eigenvalue weighted by atomic mass is 35.5. The van der Waals surface area contributed by atoms with E-state index in [1.54, 1.807) is 0 Å². The minimum Gasteiger partial charge on any atom is -0.330 e. The molecule has 0 heterocycles. The molecule has 1 aliphatic rings. The lowest BCUT2D eigenvalue weighted by atomic mass is 10.1. The molecule has 2 atom stereocenters. The molecule has 2 unspecified atom stereocenters. The van der Waals surface area contributed by atoms with Crippen molar-refractivity contribution >= 4 is 11.6 Å². The summed E-state index contributed by atoms with van der Waals surface area (Å²) < 4.78 is 12.7. The second-order valence-electron chi connectivity index (χ2n) is 2.98. The fraction of sp³-hybridized carbons (Fsp3) is 1.00. The first-order valence-corrected chi connectivity index (χ1v) is 3.47.